The van der Waals surface area contributed by atoms with Gasteiger partial charge in [0, 0.05) is 29.4 Å². The molecule has 192 valence electrons. The van der Waals surface area contributed by atoms with Crippen LogP contribution in [0.3, 0.4) is 0 Å². The quantitative estimate of drug-likeness (QED) is 0.0974. The van der Waals surface area contributed by atoms with Crippen LogP contribution in [0.4, 0.5) is 4.39 Å². The standard InChI is InChI=1S/C22H26FN3O6S2.ClH/c1-4-9-26(10-11-34(29,30)31)21(28)22(2,3)13-15-6-8-18(33-15)20(27)32-14-5-7-16(19(24)25)17(23)12-14;/h4-8,12H,1,9-11,13H2,2-3H3,(H3,24,25)(H,29,30,31);1H. The minimum Gasteiger partial charge on any atom is -0.422 e. The third-order valence-corrected chi connectivity index (χ3v) is 6.52. The molecule has 0 unspecified atom stereocenters. The monoisotopic (exact) mass is 547 g/mol. The summed E-state index contributed by atoms with van der Waals surface area (Å²) in [6, 6.07) is 6.74. The number of hydrogen-bond acceptors (Lipinski definition) is 7. The molecule has 0 spiro atoms. The fraction of sp³-hybridized carbons (Fsp3) is 0.318. The van der Waals surface area contributed by atoms with Crippen molar-refractivity contribution in [1.29, 1.82) is 5.41 Å². The maximum atomic E-state index is 14.0. The Kier molecular flexibility index (Phi) is 10.6. The summed E-state index contributed by atoms with van der Waals surface area (Å²) in [6.07, 6.45) is 1.72. The number of benzene rings is 1. The first-order chi connectivity index (χ1) is 15.7. The van der Waals surface area contributed by atoms with E-state index in [2.05, 4.69) is 6.58 Å². The Morgan fingerprint density at radius 2 is 1.97 bits per heavy atom. The van der Waals surface area contributed by atoms with Crippen LogP contribution in [0.1, 0.15) is 34.0 Å². The van der Waals surface area contributed by atoms with Crippen molar-refractivity contribution in [3.8, 4) is 5.75 Å². The largest absolute Gasteiger partial charge is 0.422 e. The zero-order valence-corrected chi connectivity index (χ0v) is 21.6. The number of nitrogen functional groups attached to an aromatic ring is 1. The van der Waals surface area contributed by atoms with Crippen LogP contribution in [0.15, 0.2) is 43.0 Å². The molecule has 4 N–H and O–H groups in total. The number of ether oxygens (including phenoxy) is 1. The van der Waals surface area contributed by atoms with E-state index in [0.717, 1.165) is 17.4 Å². The molecule has 0 bridgehead atoms. The van der Waals surface area contributed by atoms with Crippen molar-refractivity contribution in [3.63, 3.8) is 0 Å². The minimum absolute atomic E-state index is 0. The van der Waals surface area contributed by atoms with Gasteiger partial charge in [-0.2, -0.15) is 8.42 Å². The highest BCUT2D eigenvalue weighted by molar-refractivity contribution is 7.85. The average Bonchev–Trinajstić information content (AvgIpc) is 3.17. The van der Waals surface area contributed by atoms with E-state index < -0.39 is 38.9 Å². The van der Waals surface area contributed by atoms with Crippen LogP contribution in [0.5, 0.6) is 5.75 Å². The number of esters is 1. The molecule has 0 atom stereocenters. The summed E-state index contributed by atoms with van der Waals surface area (Å²) in [6.45, 7) is 6.88. The fourth-order valence-electron chi connectivity index (χ4n) is 3.11. The third-order valence-electron chi connectivity index (χ3n) is 4.76. The molecule has 0 aliphatic carbocycles. The molecule has 0 saturated carbocycles. The molecule has 1 heterocycles. The highest BCUT2D eigenvalue weighted by Gasteiger charge is 2.33. The Morgan fingerprint density at radius 3 is 2.51 bits per heavy atom. The number of halogens is 2. The lowest BCUT2D eigenvalue weighted by atomic mass is 9.87. The van der Waals surface area contributed by atoms with Crippen molar-refractivity contribution in [2.45, 2.75) is 20.3 Å². The molecular weight excluding hydrogens is 521 g/mol. The molecule has 0 radical (unpaired) electrons. The number of amides is 1. The molecule has 9 nitrogen and oxygen atoms in total. The SMILES string of the molecule is C=CCN(CCS(=O)(=O)O)C(=O)C(C)(C)Cc1ccc(C(=O)Oc2ccc(C(=N)N)c(F)c2)s1.Cl. The van der Waals surface area contributed by atoms with E-state index in [1.807, 2.05) is 0 Å². The van der Waals surface area contributed by atoms with Gasteiger partial charge in [-0.25, -0.2) is 9.18 Å². The predicted molar refractivity (Wildman–Crippen MR) is 135 cm³/mol. The molecule has 0 aliphatic rings. The van der Waals surface area contributed by atoms with Gasteiger partial charge >= 0.3 is 5.97 Å². The zero-order valence-electron chi connectivity index (χ0n) is 19.1. The Hall–Kier alpha value is -2.80. The van der Waals surface area contributed by atoms with Gasteiger partial charge in [0.15, 0.2) is 0 Å². The molecule has 0 fully saturated rings. The topological polar surface area (TPSA) is 151 Å². The summed E-state index contributed by atoms with van der Waals surface area (Å²) >= 11 is 1.11. The van der Waals surface area contributed by atoms with Crippen LogP contribution in [-0.2, 0) is 21.3 Å². The van der Waals surface area contributed by atoms with E-state index in [1.54, 1.807) is 19.9 Å². The van der Waals surface area contributed by atoms with Gasteiger partial charge in [0.05, 0.1) is 11.3 Å². The van der Waals surface area contributed by atoms with Crippen molar-refractivity contribution >= 4 is 51.6 Å². The second-order valence-corrected chi connectivity index (χ2v) is 10.8. The number of hydrogen-bond donors (Lipinski definition) is 3. The first-order valence-corrected chi connectivity index (χ1v) is 12.5. The number of carbonyl (C=O) groups excluding carboxylic acids is 2. The summed E-state index contributed by atoms with van der Waals surface area (Å²) in [7, 11) is -4.23. The van der Waals surface area contributed by atoms with Crippen molar-refractivity contribution < 1.29 is 31.7 Å². The van der Waals surface area contributed by atoms with Gasteiger partial charge in [-0.3, -0.25) is 14.8 Å². The summed E-state index contributed by atoms with van der Waals surface area (Å²) in [5.41, 5.74) is 4.22. The summed E-state index contributed by atoms with van der Waals surface area (Å²) < 4.78 is 50.3. The lowest BCUT2D eigenvalue weighted by Gasteiger charge is -2.31. The van der Waals surface area contributed by atoms with Crippen LogP contribution in [0, 0.1) is 16.6 Å². The van der Waals surface area contributed by atoms with Gasteiger partial charge in [0.1, 0.15) is 22.3 Å². The van der Waals surface area contributed by atoms with Gasteiger partial charge in [-0.05, 0) is 30.7 Å². The van der Waals surface area contributed by atoms with E-state index >= 15 is 0 Å². The second-order valence-electron chi connectivity index (χ2n) is 8.10. The lowest BCUT2D eigenvalue weighted by molar-refractivity contribution is -0.139. The predicted octanol–water partition coefficient (Wildman–Crippen LogP) is 3.28. The number of rotatable bonds is 11. The Labute approximate surface area is 213 Å². The van der Waals surface area contributed by atoms with E-state index in [9.17, 15) is 22.4 Å². The maximum Gasteiger partial charge on any atom is 0.353 e. The molecule has 1 aromatic carbocycles. The number of amidine groups is 1. The van der Waals surface area contributed by atoms with Crippen LogP contribution >= 0.6 is 23.7 Å². The fourth-order valence-corrected chi connectivity index (χ4v) is 4.68. The molecular formula is C22H27ClFN3O6S2. The highest BCUT2D eigenvalue weighted by atomic mass is 35.5. The highest BCUT2D eigenvalue weighted by Crippen LogP contribution is 2.29. The van der Waals surface area contributed by atoms with E-state index in [-0.39, 0.29) is 54.0 Å². The molecule has 1 aromatic heterocycles. The van der Waals surface area contributed by atoms with E-state index in [1.165, 1.54) is 29.2 Å². The van der Waals surface area contributed by atoms with E-state index in [0.29, 0.717) is 4.88 Å². The molecule has 13 heteroatoms. The van der Waals surface area contributed by atoms with Gasteiger partial charge in [0.2, 0.25) is 5.91 Å². The van der Waals surface area contributed by atoms with Crippen molar-refractivity contribution in [1.82, 2.24) is 4.90 Å². The Bertz CT molecular complexity index is 1210. The third kappa shape index (κ3) is 8.73. The van der Waals surface area contributed by atoms with Crippen LogP contribution in [0.25, 0.3) is 0 Å². The van der Waals surface area contributed by atoms with Gasteiger partial charge in [-0.15, -0.1) is 30.3 Å². The molecule has 35 heavy (non-hydrogen) atoms. The Morgan fingerprint density at radius 1 is 1.31 bits per heavy atom. The first-order valence-electron chi connectivity index (χ1n) is 10.0. The molecule has 0 saturated heterocycles. The van der Waals surface area contributed by atoms with E-state index in [4.69, 9.17) is 20.4 Å². The maximum absolute atomic E-state index is 14.0. The number of nitrogens with two attached hydrogens (primary N) is 1. The van der Waals surface area contributed by atoms with Gasteiger partial charge in [-0.1, -0.05) is 19.9 Å². The molecule has 1 amide bonds. The molecule has 0 aliphatic heterocycles. The minimum atomic E-state index is -4.23. The number of nitrogens with zero attached hydrogens (tertiary/aromatic N) is 1. The van der Waals surface area contributed by atoms with Crippen LogP contribution < -0.4 is 10.5 Å². The molecule has 2 rings (SSSR count). The summed E-state index contributed by atoms with van der Waals surface area (Å²) in [4.78, 5) is 27.7. The Balaban J connectivity index is 0.00000612. The van der Waals surface area contributed by atoms with Crippen LogP contribution in [0.2, 0.25) is 0 Å². The summed E-state index contributed by atoms with van der Waals surface area (Å²) in [5.74, 6) is -2.92. The van der Waals surface area contributed by atoms with Gasteiger partial charge < -0.3 is 15.4 Å². The zero-order chi connectivity index (χ0) is 25.7. The average molecular weight is 548 g/mol. The van der Waals surface area contributed by atoms with Crippen molar-refractivity contribution in [3.05, 3.63) is 64.1 Å². The number of thiophene rings is 1. The number of carbonyl (C=O) groups is 2. The second kappa shape index (κ2) is 12.2. The van der Waals surface area contributed by atoms with Crippen molar-refractivity contribution in [2.24, 2.45) is 11.1 Å². The van der Waals surface area contributed by atoms with Gasteiger partial charge in [0.25, 0.3) is 10.1 Å². The smallest absolute Gasteiger partial charge is 0.353 e. The number of nitrogens with one attached hydrogen (secondary N) is 1. The molecule has 2 aromatic rings. The van der Waals surface area contributed by atoms with Crippen LogP contribution in [-0.4, -0.2) is 54.4 Å². The lowest BCUT2D eigenvalue weighted by Crippen LogP contribution is -2.44. The van der Waals surface area contributed by atoms with Crippen molar-refractivity contribution in [2.75, 3.05) is 18.8 Å². The normalized spacial score (nSPS) is 11.3. The first kappa shape index (κ1) is 30.2. The summed E-state index contributed by atoms with van der Waals surface area (Å²) in [5, 5.41) is 7.29.